The van der Waals surface area contributed by atoms with Crippen molar-refractivity contribution in [3.63, 3.8) is 0 Å². The number of aromatic amines is 1. The number of benzene rings is 3. The van der Waals surface area contributed by atoms with Gasteiger partial charge < -0.3 is 19.4 Å². The monoisotopic (exact) mass is 461 g/mol. The molecule has 0 saturated carbocycles. The first-order valence-electron chi connectivity index (χ1n) is 11.4. The number of halogens is 1. The molecule has 6 heteroatoms. The van der Waals surface area contributed by atoms with E-state index in [9.17, 15) is 0 Å². The Balaban J connectivity index is 1.41. The van der Waals surface area contributed by atoms with E-state index in [1.54, 1.807) is 0 Å². The van der Waals surface area contributed by atoms with Gasteiger partial charge in [-0.2, -0.15) is 4.98 Å². The predicted molar refractivity (Wildman–Crippen MR) is 135 cm³/mol. The van der Waals surface area contributed by atoms with E-state index in [0.717, 1.165) is 54.2 Å². The second kappa shape index (κ2) is 9.08. The summed E-state index contributed by atoms with van der Waals surface area (Å²) in [7, 11) is 0. The lowest BCUT2D eigenvalue weighted by molar-refractivity contribution is 0.122. The Labute approximate surface area is 199 Å². The molecule has 5 rings (SSSR count). The quantitative estimate of drug-likeness (QED) is 0.349. The molecule has 170 valence electrons. The Kier molecular flexibility index (Phi) is 6.00. The number of hydrogen-bond acceptors (Lipinski definition) is 4. The molecule has 0 unspecified atom stereocenters. The van der Waals surface area contributed by atoms with Crippen molar-refractivity contribution in [2.24, 2.45) is 0 Å². The smallest absolute Gasteiger partial charge is 0.300 e. The third-order valence-corrected chi connectivity index (χ3v) is 6.50. The normalized spacial score (nSPS) is 14.3. The molecule has 0 aliphatic carbocycles. The second-order valence-electron chi connectivity index (χ2n) is 8.81. The molecule has 4 aromatic rings. The van der Waals surface area contributed by atoms with Crippen molar-refractivity contribution < 1.29 is 9.47 Å². The minimum atomic E-state index is 0.431. The number of anilines is 1. The zero-order valence-electron chi connectivity index (χ0n) is 19.2. The zero-order chi connectivity index (χ0) is 22.9. The third-order valence-electron chi connectivity index (χ3n) is 6.19. The molecular formula is C27H28ClN3O2. The maximum atomic E-state index is 6.65. The van der Waals surface area contributed by atoms with Crippen molar-refractivity contribution in [3.8, 4) is 22.9 Å². The van der Waals surface area contributed by atoms with Crippen LogP contribution in [0.1, 0.15) is 30.9 Å². The summed E-state index contributed by atoms with van der Waals surface area (Å²) >= 11 is 6.65. The van der Waals surface area contributed by atoms with Crippen LogP contribution in [0.3, 0.4) is 0 Å². The van der Waals surface area contributed by atoms with Crippen LogP contribution in [0.25, 0.3) is 22.2 Å². The first kappa shape index (κ1) is 21.8. The van der Waals surface area contributed by atoms with Crippen molar-refractivity contribution in [3.05, 3.63) is 70.7 Å². The van der Waals surface area contributed by atoms with E-state index in [2.05, 4.69) is 72.0 Å². The Bertz CT molecular complexity index is 1270. The number of H-pyrrole nitrogens is 1. The van der Waals surface area contributed by atoms with Gasteiger partial charge in [0, 0.05) is 24.3 Å². The summed E-state index contributed by atoms with van der Waals surface area (Å²) in [5.41, 5.74) is 7.41. The number of nitrogens with one attached hydrogen (secondary N) is 1. The number of rotatable bonds is 5. The average molecular weight is 462 g/mol. The molecule has 0 spiro atoms. The van der Waals surface area contributed by atoms with E-state index < -0.39 is 0 Å². The standard InChI is InChI=1S/C27H28ClN3O2/c1-17(2)22-14-21(9-4-18(22)3)33-27-29-25-15-23(24(28)16-26(25)30-27)19-5-7-20(8-6-19)31-10-12-32-13-11-31/h4-9,14-17H,10-13H2,1-3H3,(H,29,30). The van der Waals surface area contributed by atoms with Crippen molar-refractivity contribution in [1.29, 1.82) is 0 Å². The molecule has 0 amide bonds. The van der Waals surface area contributed by atoms with Crippen LogP contribution in [0.2, 0.25) is 5.02 Å². The number of nitrogens with zero attached hydrogens (tertiary/aromatic N) is 2. The summed E-state index contributed by atoms with van der Waals surface area (Å²) < 4.78 is 11.5. The molecule has 1 fully saturated rings. The number of morpholine rings is 1. The third kappa shape index (κ3) is 4.56. The maximum absolute atomic E-state index is 6.65. The van der Waals surface area contributed by atoms with Crippen LogP contribution in [-0.2, 0) is 4.74 Å². The Hall–Kier alpha value is -3.02. The second-order valence-corrected chi connectivity index (χ2v) is 9.22. The van der Waals surface area contributed by atoms with Gasteiger partial charge in [-0.1, -0.05) is 43.6 Å². The highest BCUT2D eigenvalue weighted by molar-refractivity contribution is 6.34. The Morgan fingerprint density at radius 1 is 1.03 bits per heavy atom. The number of aromatic nitrogens is 2. The highest BCUT2D eigenvalue weighted by atomic mass is 35.5. The Morgan fingerprint density at radius 3 is 2.52 bits per heavy atom. The van der Waals surface area contributed by atoms with Crippen molar-refractivity contribution in [1.82, 2.24) is 9.97 Å². The van der Waals surface area contributed by atoms with Gasteiger partial charge in [-0.3, -0.25) is 0 Å². The molecule has 2 heterocycles. The van der Waals surface area contributed by atoms with E-state index in [-0.39, 0.29) is 0 Å². The summed E-state index contributed by atoms with van der Waals surface area (Å²) in [5, 5.41) is 0.675. The number of ether oxygens (including phenoxy) is 2. The van der Waals surface area contributed by atoms with Gasteiger partial charge in [-0.05, 0) is 65.9 Å². The molecule has 1 saturated heterocycles. The number of fused-ring (bicyclic) bond motifs is 1. The molecule has 1 N–H and O–H groups in total. The molecule has 3 aromatic carbocycles. The van der Waals surface area contributed by atoms with Crippen molar-refractivity contribution >= 4 is 28.3 Å². The lowest BCUT2D eigenvalue weighted by Crippen LogP contribution is -2.36. The highest BCUT2D eigenvalue weighted by Crippen LogP contribution is 2.34. The fourth-order valence-electron chi connectivity index (χ4n) is 4.37. The van der Waals surface area contributed by atoms with Crippen LogP contribution in [0.4, 0.5) is 5.69 Å². The van der Waals surface area contributed by atoms with Crippen LogP contribution >= 0.6 is 11.6 Å². The van der Waals surface area contributed by atoms with E-state index in [1.165, 1.54) is 16.8 Å². The number of hydrogen-bond donors (Lipinski definition) is 1. The highest BCUT2D eigenvalue weighted by Gasteiger charge is 2.14. The minimum Gasteiger partial charge on any atom is -0.426 e. The van der Waals surface area contributed by atoms with Gasteiger partial charge >= 0.3 is 0 Å². The van der Waals surface area contributed by atoms with Gasteiger partial charge in [-0.15, -0.1) is 0 Å². The van der Waals surface area contributed by atoms with E-state index >= 15 is 0 Å². The maximum Gasteiger partial charge on any atom is 0.300 e. The van der Waals surface area contributed by atoms with Gasteiger partial charge in [-0.25, -0.2) is 0 Å². The largest absolute Gasteiger partial charge is 0.426 e. The molecule has 1 aliphatic rings. The van der Waals surface area contributed by atoms with Gasteiger partial charge in [0.05, 0.1) is 29.3 Å². The molecular weight excluding hydrogens is 434 g/mol. The fraction of sp³-hybridized carbons (Fsp3) is 0.296. The number of imidazole rings is 1. The molecule has 1 aromatic heterocycles. The summed E-state index contributed by atoms with van der Waals surface area (Å²) in [6.07, 6.45) is 0. The lowest BCUT2D eigenvalue weighted by atomic mass is 9.98. The van der Waals surface area contributed by atoms with Gasteiger partial charge in [0.15, 0.2) is 0 Å². The van der Waals surface area contributed by atoms with Crippen molar-refractivity contribution in [2.75, 3.05) is 31.2 Å². The fourth-order valence-corrected chi connectivity index (χ4v) is 4.64. The summed E-state index contributed by atoms with van der Waals surface area (Å²) in [6, 6.07) is 19.0. The molecule has 0 atom stereocenters. The average Bonchev–Trinajstić information content (AvgIpc) is 3.21. The minimum absolute atomic E-state index is 0.431. The summed E-state index contributed by atoms with van der Waals surface area (Å²) in [5.74, 6) is 1.20. The molecule has 0 bridgehead atoms. The molecule has 5 nitrogen and oxygen atoms in total. The predicted octanol–water partition coefficient (Wildman–Crippen LogP) is 6.94. The van der Waals surface area contributed by atoms with E-state index in [4.69, 9.17) is 21.1 Å². The Morgan fingerprint density at radius 2 is 1.79 bits per heavy atom. The molecule has 33 heavy (non-hydrogen) atoms. The SMILES string of the molecule is Cc1ccc(Oc2nc3cc(-c4ccc(N5CCOCC5)cc4)c(Cl)cc3[nH]2)cc1C(C)C. The molecule has 0 radical (unpaired) electrons. The van der Waals surface area contributed by atoms with Crippen LogP contribution in [0.5, 0.6) is 11.8 Å². The van der Waals surface area contributed by atoms with Gasteiger partial charge in [0.25, 0.3) is 6.01 Å². The zero-order valence-corrected chi connectivity index (χ0v) is 19.9. The topological polar surface area (TPSA) is 50.4 Å². The van der Waals surface area contributed by atoms with Crippen molar-refractivity contribution in [2.45, 2.75) is 26.7 Å². The number of aryl methyl sites for hydroxylation is 1. The van der Waals surface area contributed by atoms with Gasteiger partial charge in [0.2, 0.25) is 0 Å². The first-order valence-corrected chi connectivity index (χ1v) is 11.8. The van der Waals surface area contributed by atoms with Crippen LogP contribution in [-0.4, -0.2) is 36.3 Å². The van der Waals surface area contributed by atoms with Crippen LogP contribution < -0.4 is 9.64 Å². The van der Waals surface area contributed by atoms with Crippen LogP contribution in [0.15, 0.2) is 54.6 Å². The van der Waals surface area contributed by atoms with Crippen LogP contribution in [0, 0.1) is 6.92 Å². The van der Waals surface area contributed by atoms with E-state index in [0.29, 0.717) is 17.0 Å². The van der Waals surface area contributed by atoms with E-state index in [1.807, 2.05) is 18.2 Å². The summed E-state index contributed by atoms with van der Waals surface area (Å²) in [4.78, 5) is 10.2. The van der Waals surface area contributed by atoms with Gasteiger partial charge in [0.1, 0.15) is 5.75 Å². The lowest BCUT2D eigenvalue weighted by Gasteiger charge is -2.29. The summed E-state index contributed by atoms with van der Waals surface area (Å²) in [6.45, 7) is 9.87. The first-order chi connectivity index (χ1) is 16.0. The molecule has 1 aliphatic heterocycles.